The lowest BCUT2D eigenvalue weighted by molar-refractivity contribution is -0.137. The minimum absolute atomic E-state index is 0.192. The van der Waals surface area contributed by atoms with Crippen molar-refractivity contribution in [3.63, 3.8) is 0 Å². The highest BCUT2D eigenvalue weighted by molar-refractivity contribution is 5.78. The molecule has 0 amide bonds. The summed E-state index contributed by atoms with van der Waals surface area (Å²) in [4.78, 5) is 0. The van der Waals surface area contributed by atoms with Gasteiger partial charge in [-0.2, -0.15) is 18.4 Å². The number of nitriles is 1. The van der Waals surface area contributed by atoms with Gasteiger partial charge in [0.05, 0.1) is 11.1 Å². The first-order chi connectivity index (χ1) is 7.00. The number of halogens is 3. The van der Waals surface area contributed by atoms with Crippen LogP contribution in [-0.2, 0) is 6.18 Å². The maximum atomic E-state index is 12.5. The van der Waals surface area contributed by atoms with E-state index in [2.05, 4.69) is 0 Å². The Labute approximate surface area is 84.4 Å². The smallest absolute Gasteiger partial charge is 0.404 e. The lowest BCUT2D eigenvalue weighted by Crippen LogP contribution is -2.08. The molecule has 0 unspecified atom stereocenters. The molecule has 0 heterocycles. The average Bonchev–Trinajstić information content (AvgIpc) is 2.19. The molecular formula is C10H7F3N2. The van der Waals surface area contributed by atoms with Crippen LogP contribution in [-0.4, -0.2) is 0 Å². The minimum Gasteiger partial charge on any atom is -0.404 e. The molecule has 0 aliphatic carbocycles. The van der Waals surface area contributed by atoms with Gasteiger partial charge in [-0.25, -0.2) is 0 Å². The first kappa shape index (κ1) is 11.1. The molecule has 1 aromatic rings. The van der Waals surface area contributed by atoms with E-state index in [1.54, 1.807) is 6.07 Å². The summed E-state index contributed by atoms with van der Waals surface area (Å²) in [6.07, 6.45) is -3.62. The second kappa shape index (κ2) is 4.05. The molecule has 2 nitrogen and oxygen atoms in total. The van der Waals surface area contributed by atoms with E-state index < -0.39 is 11.7 Å². The summed E-state index contributed by atoms with van der Waals surface area (Å²) in [5.41, 5.74) is 3.83. The molecule has 5 heteroatoms. The van der Waals surface area contributed by atoms with Crippen LogP contribution >= 0.6 is 0 Å². The number of allylic oxidation sites excluding steroid dienone is 1. The Bertz CT molecular complexity index is 427. The number of alkyl halides is 3. The molecule has 2 N–H and O–H groups in total. The zero-order valence-electron chi connectivity index (χ0n) is 7.55. The Hall–Kier alpha value is -1.96. The Kier molecular flexibility index (Phi) is 3.00. The maximum Gasteiger partial charge on any atom is 0.417 e. The van der Waals surface area contributed by atoms with Crippen molar-refractivity contribution in [2.45, 2.75) is 6.18 Å². The summed E-state index contributed by atoms with van der Waals surface area (Å²) in [5.74, 6) is 0. The van der Waals surface area contributed by atoms with Crippen molar-refractivity contribution >= 4 is 5.57 Å². The van der Waals surface area contributed by atoms with Gasteiger partial charge in [0.25, 0.3) is 0 Å². The number of benzene rings is 1. The molecule has 1 rings (SSSR count). The van der Waals surface area contributed by atoms with Gasteiger partial charge >= 0.3 is 6.18 Å². The van der Waals surface area contributed by atoms with Gasteiger partial charge in [-0.05, 0) is 6.07 Å². The van der Waals surface area contributed by atoms with Crippen LogP contribution in [0.4, 0.5) is 13.2 Å². The van der Waals surface area contributed by atoms with E-state index in [-0.39, 0.29) is 11.1 Å². The second-order valence-electron chi connectivity index (χ2n) is 2.74. The van der Waals surface area contributed by atoms with Gasteiger partial charge < -0.3 is 5.73 Å². The number of nitrogens with zero attached hydrogens (tertiary/aromatic N) is 1. The number of hydrogen-bond donors (Lipinski definition) is 1. The fourth-order valence-corrected chi connectivity index (χ4v) is 1.15. The van der Waals surface area contributed by atoms with Crippen molar-refractivity contribution in [2.75, 3.05) is 0 Å². The van der Waals surface area contributed by atoms with E-state index in [9.17, 15) is 13.2 Å². The molecule has 0 spiro atoms. The van der Waals surface area contributed by atoms with Gasteiger partial charge in [-0.3, -0.25) is 0 Å². The summed E-state index contributed by atoms with van der Waals surface area (Å²) in [5, 5.41) is 8.60. The van der Waals surface area contributed by atoms with Crippen LogP contribution < -0.4 is 5.73 Å². The molecule has 0 saturated heterocycles. The molecule has 0 aliphatic rings. The fourth-order valence-electron chi connectivity index (χ4n) is 1.15. The SMILES string of the molecule is N#C/C(=C/N)c1ccccc1C(F)(F)F. The molecule has 78 valence electrons. The lowest BCUT2D eigenvalue weighted by Gasteiger charge is -2.11. The van der Waals surface area contributed by atoms with E-state index in [0.29, 0.717) is 0 Å². The third-order valence-corrected chi connectivity index (χ3v) is 1.81. The monoisotopic (exact) mass is 212 g/mol. The Morgan fingerprint density at radius 3 is 2.40 bits per heavy atom. The lowest BCUT2D eigenvalue weighted by atomic mass is 10.0. The van der Waals surface area contributed by atoms with Gasteiger partial charge in [0.15, 0.2) is 0 Å². The van der Waals surface area contributed by atoms with E-state index >= 15 is 0 Å². The highest BCUT2D eigenvalue weighted by Gasteiger charge is 2.33. The highest BCUT2D eigenvalue weighted by Crippen LogP contribution is 2.34. The van der Waals surface area contributed by atoms with Crippen molar-refractivity contribution in [1.29, 1.82) is 5.26 Å². The third-order valence-electron chi connectivity index (χ3n) is 1.81. The first-order valence-electron chi connectivity index (χ1n) is 3.99. The van der Waals surface area contributed by atoms with E-state index in [4.69, 9.17) is 11.0 Å². The molecule has 0 radical (unpaired) electrons. The first-order valence-corrected chi connectivity index (χ1v) is 3.99. The molecular weight excluding hydrogens is 205 g/mol. The van der Waals surface area contributed by atoms with Gasteiger partial charge in [-0.1, -0.05) is 18.2 Å². The fraction of sp³-hybridized carbons (Fsp3) is 0.100. The number of nitrogens with two attached hydrogens (primary N) is 1. The molecule has 0 fully saturated rings. The summed E-state index contributed by atoms with van der Waals surface area (Å²) in [6, 6.07) is 6.43. The van der Waals surface area contributed by atoms with Crippen LogP contribution in [0.25, 0.3) is 5.57 Å². The van der Waals surface area contributed by atoms with Crippen molar-refractivity contribution in [2.24, 2.45) is 5.73 Å². The van der Waals surface area contributed by atoms with Crippen LogP contribution in [0.3, 0.4) is 0 Å². The van der Waals surface area contributed by atoms with Crippen LogP contribution in [0, 0.1) is 11.3 Å². The summed E-state index contributed by atoms with van der Waals surface area (Å²) in [6.45, 7) is 0. The average molecular weight is 212 g/mol. The Balaban J connectivity index is 3.38. The van der Waals surface area contributed by atoms with Crippen LogP contribution in [0.2, 0.25) is 0 Å². The van der Waals surface area contributed by atoms with Gasteiger partial charge in [0, 0.05) is 11.8 Å². The zero-order chi connectivity index (χ0) is 11.5. The molecule has 0 bridgehead atoms. The maximum absolute atomic E-state index is 12.5. The largest absolute Gasteiger partial charge is 0.417 e. The Morgan fingerprint density at radius 2 is 1.93 bits per heavy atom. The normalized spacial score (nSPS) is 12.3. The van der Waals surface area contributed by atoms with Crippen LogP contribution in [0.5, 0.6) is 0 Å². The zero-order valence-corrected chi connectivity index (χ0v) is 7.55. The van der Waals surface area contributed by atoms with E-state index in [1.165, 1.54) is 18.2 Å². The standard InChI is InChI=1S/C10H7F3N2/c11-10(12,13)9-4-2-1-3-8(9)7(5-14)6-15/h1-5H,14H2/b7-5-. The van der Waals surface area contributed by atoms with Gasteiger partial charge in [-0.15, -0.1) is 0 Å². The molecule has 0 atom stereocenters. The van der Waals surface area contributed by atoms with Crippen molar-refractivity contribution in [3.05, 3.63) is 41.6 Å². The number of rotatable bonds is 1. The predicted octanol–water partition coefficient (Wildman–Crippen LogP) is 2.53. The summed E-state index contributed by atoms with van der Waals surface area (Å²) >= 11 is 0. The molecule has 0 aliphatic heterocycles. The van der Waals surface area contributed by atoms with Crippen molar-refractivity contribution in [3.8, 4) is 6.07 Å². The second-order valence-corrected chi connectivity index (χ2v) is 2.74. The predicted molar refractivity (Wildman–Crippen MR) is 49.2 cm³/mol. The highest BCUT2D eigenvalue weighted by atomic mass is 19.4. The third kappa shape index (κ3) is 2.29. The van der Waals surface area contributed by atoms with Gasteiger partial charge in [0.1, 0.15) is 6.07 Å². The molecule has 1 aromatic carbocycles. The molecule has 0 saturated carbocycles. The van der Waals surface area contributed by atoms with Crippen molar-refractivity contribution in [1.82, 2.24) is 0 Å². The quantitative estimate of drug-likeness (QED) is 0.727. The van der Waals surface area contributed by atoms with Crippen LogP contribution in [0.1, 0.15) is 11.1 Å². The van der Waals surface area contributed by atoms with Crippen molar-refractivity contribution < 1.29 is 13.2 Å². The molecule has 15 heavy (non-hydrogen) atoms. The summed E-state index contributed by atoms with van der Waals surface area (Å²) < 4.78 is 37.5. The number of hydrogen-bond acceptors (Lipinski definition) is 2. The topological polar surface area (TPSA) is 49.8 Å². The van der Waals surface area contributed by atoms with Crippen LogP contribution in [0.15, 0.2) is 30.5 Å². The summed E-state index contributed by atoms with van der Waals surface area (Å²) in [7, 11) is 0. The Morgan fingerprint density at radius 1 is 1.33 bits per heavy atom. The molecule has 0 aromatic heterocycles. The van der Waals surface area contributed by atoms with Gasteiger partial charge in [0.2, 0.25) is 0 Å². The van der Waals surface area contributed by atoms with E-state index in [1.807, 2.05) is 0 Å². The minimum atomic E-state index is -4.48. The van der Waals surface area contributed by atoms with E-state index in [0.717, 1.165) is 12.3 Å².